The zero-order valence-electron chi connectivity index (χ0n) is 91.9. The molecule has 0 saturated carbocycles. The molecule has 0 fully saturated rings. The molecule has 12 heterocycles. The summed E-state index contributed by atoms with van der Waals surface area (Å²) >= 11 is 0. The molecular formula is C108H105Ir3N9O3-6. The van der Waals surface area contributed by atoms with Crippen LogP contribution in [0.5, 0.6) is 0 Å². The van der Waals surface area contributed by atoms with Crippen LogP contribution in [0.3, 0.4) is 0 Å². The molecule has 0 aliphatic rings. The molecule has 0 saturated heterocycles. The van der Waals surface area contributed by atoms with Crippen LogP contribution in [-0.2, 0) is 60.3 Å². The Morgan fingerprint density at radius 2 is 0.691 bits per heavy atom. The molecule has 0 N–H and O–H groups in total. The first-order valence-electron chi connectivity index (χ1n) is 50.9. The van der Waals surface area contributed by atoms with Crippen molar-refractivity contribution in [2.45, 2.75) is 179 Å². The topological polar surface area (TPSA) is 155 Å². The molecule has 633 valence electrons. The van der Waals surface area contributed by atoms with Gasteiger partial charge in [-0.3, -0.25) is 0 Å². The predicted molar refractivity (Wildman–Crippen MR) is 493 cm³/mol. The first-order chi connectivity index (χ1) is 66.9. The summed E-state index contributed by atoms with van der Waals surface area (Å²) in [5.41, 5.74) is 17.6. The maximum atomic E-state index is 8.72. The minimum absolute atomic E-state index is 0. The first-order valence-corrected chi connectivity index (χ1v) is 39.9. The van der Waals surface area contributed by atoms with Gasteiger partial charge in [-0.2, -0.15) is 0 Å². The van der Waals surface area contributed by atoms with Crippen molar-refractivity contribution < 1.29 is 104 Å². The van der Waals surface area contributed by atoms with E-state index in [-0.39, 0.29) is 77.1 Å². The van der Waals surface area contributed by atoms with E-state index in [0.717, 1.165) is 166 Å². The standard InChI is InChI=1S/2C22H21N2O.C21H19N2O.C17H20N.2C13H12N.3Ir/c1-4-15(5-2)16-10-12-20(23-13-16)19-8-6-7-17-18-11-9-14(3)24-22(18)25-21(17)19;1-4-15(5-2)16-11-12-23-20(13-16)19-8-6-7-17-18-10-9-14(3)24-22(18)25-21(17)19;1-12(2)18-10-19(22-11-13(18)3)17-7-5-6-15-16-9-8-14(4)23-21(16)24-20(15)17;1-4-14(5-2)16-11-17(18-12-13(16)3)15-9-7-6-8-10-15;2*1-10-8-13(14-9-11(10)2)12-6-4-3-5-7-12;;;/h2*6-7,9-13,15H,4-5H2,1-3H3;5-6,8-12H,1-4H3;6-9,11-12,14H,4-5H2,1-3H3;2*3-6,8-9H,1-2H3;;;/q6*-1;;;/i2*15D;1D3,2D3,3D3,12D;3D3,14D;2*2D3;;;. The summed E-state index contributed by atoms with van der Waals surface area (Å²) in [6.45, 7) is 5.19. The number of furan rings is 3. The number of rotatable bonds is 16. The van der Waals surface area contributed by atoms with Crippen molar-refractivity contribution in [3.05, 3.63) is 340 Å². The minimum Gasteiger partial charge on any atom is -0.486 e. The van der Waals surface area contributed by atoms with E-state index in [1.807, 2.05) is 199 Å². The van der Waals surface area contributed by atoms with E-state index in [1.54, 1.807) is 63.4 Å². The summed E-state index contributed by atoms with van der Waals surface area (Å²) in [4.78, 5) is 39.3. The Balaban J connectivity index is 0.000000180. The van der Waals surface area contributed by atoms with Crippen LogP contribution >= 0.6 is 0 Å². The van der Waals surface area contributed by atoms with Crippen molar-refractivity contribution in [3.63, 3.8) is 0 Å². The van der Waals surface area contributed by atoms with E-state index in [9.17, 15) is 0 Å². The Morgan fingerprint density at radius 3 is 1.07 bits per heavy atom. The zero-order valence-corrected chi connectivity index (χ0v) is 77.1. The maximum Gasteiger partial charge on any atom is 0.216 e. The summed E-state index contributed by atoms with van der Waals surface area (Å²) in [6, 6.07) is 78.2. The van der Waals surface area contributed by atoms with Crippen molar-refractivity contribution in [3.8, 4) is 67.5 Å². The fourth-order valence-electron chi connectivity index (χ4n) is 14.0. The van der Waals surface area contributed by atoms with Crippen molar-refractivity contribution in [2.24, 2.45) is 0 Å². The van der Waals surface area contributed by atoms with Crippen molar-refractivity contribution >= 4 is 66.2 Å². The van der Waals surface area contributed by atoms with E-state index < -0.39 is 75.8 Å². The third-order valence-electron chi connectivity index (χ3n) is 20.6. The summed E-state index contributed by atoms with van der Waals surface area (Å²) in [5, 5.41) is 5.41. The Morgan fingerprint density at radius 1 is 0.317 bits per heavy atom. The summed E-state index contributed by atoms with van der Waals surface area (Å²) < 4.78 is 190. The molecular weight excluding hydrogens is 2050 g/mol. The molecule has 18 rings (SSSR count). The third-order valence-corrected chi connectivity index (χ3v) is 20.6. The number of benzene rings is 6. The summed E-state index contributed by atoms with van der Waals surface area (Å²) in [5.74, 6) is -5.32. The van der Waals surface area contributed by atoms with Crippen LogP contribution in [0.1, 0.15) is 220 Å². The van der Waals surface area contributed by atoms with Gasteiger partial charge in [-0.25, -0.2) is 15.0 Å². The fraction of sp³-hybridized carbons (Fsp3) is 0.250. The molecule has 123 heavy (non-hydrogen) atoms. The SMILES string of the molecule is [2H]C(CC)(CC)c1ccc(-c2[c-]ccc3c2oc2nc(C)ccc23)nc1.[2H]C(CC)(CC)c1ccnc(-c2[c-]ccc3c2oc2nc(C)ccc23)c1.[2H]C([2H])([2H])c1cnc(-c2[c-]ccc3c2oc2nc(C)ccc23)cc1C([2H])(C([2H])([2H])[2H])C([2H])([2H])[2H].[2H]C([2H])([2H])c1cnc(-c2[c-]cccc2)cc1C.[2H]C([2H])([2H])c1cnc(-c2[c-]cccc2)cc1C.[2H]C([2H])([2H])c1cnc(-c2[c-]cccc2)cc1C([2H])(CC)CC.[Ir].[Ir].[Ir]. The van der Waals surface area contributed by atoms with E-state index in [1.165, 1.54) is 18.6 Å². The van der Waals surface area contributed by atoms with Gasteiger partial charge in [-0.1, -0.05) is 147 Å². The average Bonchev–Trinajstić information content (AvgIpc) is 1.70. The largest absolute Gasteiger partial charge is 0.486 e. The Kier molecular flexibility index (Phi) is 24.4. The second-order valence-electron chi connectivity index (χ2n) is 28.5. The molecule has 6 aromatic carbocycles. The second kappa shape index (κ2) is 44.4. The molecule has 0 bridgehead atoms. The summed E-state index contributed by atoms with van der Waals surface area (Å²) in [7, 11) is 0. The predicted octanol–water partition coefficient (Wildman–Crippen LogP) is 28.8. The monoisotopic (exact) mass is 2180 g/mol. The second-order valence-corrected chi connectivity index (χ2v) is 28.5. The van der Waals surface area contributed by atoms with E-state index in [0.29, 0.717) is 63.3 Å². The van der Waals surface area contributed by atoms with Crippen LogP contribution in [0, 0.1) is 98.4 Å². The average molecular weight is 2180 g/mol. The normalized spacial score (nSPS) is 14.5. The van der Waals surface area contributed by atoms with Crippen LogP contribution in [0.4, 0.5) is 0 Å². The van der Waals surface area contributed by atoms with Gasteiger partial charge in [0, 0.05) is 161 Å². The molecule has 0 unspecified atom stereocenters. The maximum absolute atomic E-state index is 8.72. The Bertz CT molecular complexity index is 7380. The third kappa shape index (κ3) is 22.5. The molecule has 0 aliphatic heterocycles. The quantitative estimate of drug-likeness (QED) is 0.0845. The Hall–Kier alpha value is -11.0. The van der Waals surface area contributed by atoms with Gasteiger partial charge in [0.25, 0.3) is 0 Å². The number of hydrogen-bond acceptors (Lipinski definition) is 12. The smallest absolute Gasteiger partial charge is 0.216 e. The number of pyridine rings is 9. The number of aryl methyl sites for hydroxylation is 9. The van der Waals surface area contributed by atoms with Gasteiger partial charge in [-0.15, -0.1) is 162 Å². The summed E-state index contributed by atoms with van der Waals surface area (Å²) in [6.07, 6.45) is 12.9. The van der Waals surface area contributed by atoms with Gasteiger partial charge >= 0.3 is 0 Å². The van der Waals surface area contributed by atoms with Crippen molar-refractivity contribution in [1.29, 1.82) is 0 Å². The van der Waals surface area contributed by atoms with Crippen molar-refractivity contribution in [2.75, 3.05) is 0 Å². The molecule has 0 aliphatic carbocycles. The van der Waals surface area contributed by atoms with Crippen LogP contribution < -0.4 is 0 Å². The molecule has 15 heteroatoms. The number of nitrogens with zero attached hydrogens (tertiary/aromatic N) is 9. The minimum atomic E-state index is -3.37. The molecule has 0 atom stereocenters. The van der Waals surface area contributed by atoms with E-state index >= 15 is 0 Å². The van der Waals surface area contributed by atoms with Crippen LogP contribution in [-0.4, -0.2) is 44.9 Å². The molecule has 12 nitrogen and oxygen atoms in total. The molecule has 18 aromatic rings. The molecule has 0 spiro atoms. The van der Waals surface area contributed by atoms with Crippen LogP contribution in [0.2, 0.25) is 0 Å². The van der Waals surface area contributed by atoms with Gasteiger partial charge in [-0.05, 0) is 240 Å². The van der Waals surface area contributed by atoms with Crippen LogP contribution in [0.15, 0.2) is 245 Å². The van der Waals surface area contributed by atoms with E-state index in [4.69, 9.17) is 43.4 Å². The molecule has 12 aromatic heterocycles. The van der Waals surface area contributed by atoms with Crippen LogP contribution in [0.25, 0.3) is 134 Å². The molecule has 0 amide bonds. The number of fused-ring (bicyclic) bond motifs is 9. The van der Waals surface area contributed by atoms with Gasteiger partial charge in [0.1, 0.15) is 0 Å². The van der Waals surface area contributed by atoms with Gasteiger partial charge in [0.15, 0.2) is 0 Å². The van der Waals surface area contributed by atoms with Gasteiger partial charge < -0.3 is 43.2 Å². The Labute approximate surface area is 797 Å². The van der Waals surface area contributed by atoms with E-state index in [2.05, 4.69) is 95.1 Å². The zero-order chi connectivity index (χ0) is 103. The fourth-order valence-corrected chi connectivity index (χ4v) is 14.0. The van der Waals surface area contributed by atoms with Crippen molar-refractivity contribution in [1.82, 2.24) is 44.9 Å². The molecule has 3 radical (unpaired) electrons. The van der Waals surface area contributed by atoms with Gasteiger partial charge in [0.05, 0.1) is 16.7 Å². The first kappa shape index (κ1) is 67.5. The number of hydrogen-bond donors (Lipinski definition) is 0. The number of aromatic nitrogens is 9. The van der Waals surface area contributed by atoms with Gasteiger partial charge in [0.2, 0.25) is 17.1 Å².